The van der Waals surface area contributed by atoms with Gasteiger partial charge in [-0.2, -0.15) is 0 Å². The van der Waals surface area contributed by atoms with Crippen LogP contribution in [0.25, 0.3) is 0 Å². The molecule has 0 fully saturated rings. The Labute approximate surface area is 75.6 Å². The number of carbonyl (C=O) groups is 1. The number of hydrogen-bond acceptors (Lipinski definition) is 4. The Morgan fingerprint density at radius 1 is 1.54 bits per heavy atom. The monoisotopic (exact) mass is 184 g/mol. The quantitative estimate of drug-likeness (QED) is 0.719. The van der Waals surface area contributed by atoms with Gasteiger partial charge >= 0.3 is 5.97 Å². The smallest absolute Gasteiger partial charge is 0.374 e. The fourth-order valence-corrected chi connectivity index (χ4v) is 1.10. The van der Waals surface area contributed by atoms with Gasteiger partial charge in [0, 0.05) is 13.1 Å². The zero-order valence-electron chi connectivity index (χ0n) is 7.77. The van der Waals surface area contributed by atoms with Crippen LogP contribution in [0.4, 0.5) is 5.95 Å². The zero-order chi connectivity index (χ0) is 10.0. The van der Waals surface area contributed by atoms with Crippen LogP contribution in [-0.2, 0) is 0 Å². The van der Waals surface area contributed by atoms with E-state index in [-0.39, 0.29) is 11.9 Å². The molecule has 72 valence electrons. The molecule has 1 aromatic rings. The first kappa shape index (κ1) is 9.50. The summed E-state index contributed by atoms with van der Waals surface area (Å²) in [5.74, 6) is -0.644. The molecule has 0 unspecified atom stereocenters. The highest BCUT2D eigenvalue weighted by Crippen LogP contribution is 2.14. The Morgan fingerprint density at radius 3 is 2.54 bits per heavy atom. The number of carboxylic acid groups (broad SMARTS) is 1. The molecule has 13 heavy (non-hydrogen) atoms. The number of hydrogen-bond donors (Lipinski definition) is 2. The maximum atomic E-state index is 10.7. The van der Waals surface area contributed by atoms with E-state index in [1.165, 1.54) is 4.57 Å². The normalized spacial score (nSPS) is 10.5. The molecule has 1 aromatic heterocycles. The van der Waals surface area contributed by atoms with Crippen molar-refractivity contribution in [1.29, 1.82) is 0 Å². The van der Waals surface area contributed by atoms with Gasteiger partial charge in [-0.05, 0) is 13.8 Å². The molecular weight excluding hydrogens is 172 g/mol. The number of rotatable bonds is 3. The van der Waals surface area contributed by atoms with Crippen LogP contribution in [0.1, 0.15) is 30.5 Å². The Balaban J connectivity index is 3.22. The van der Waals surface area contributed by atoms with Gasteiger partial charge < -0.3 is 10.4 Å². The van der Waals surface area contributed by atoms with Crippen molar-refractivity contribution in [2.24, 2.45) is 0 Å². The molecule has 0 saturated heterocycles. The standard InChI is InChI=1S/C7H12N4O2/c1-4(2)11-5(6(12)13)9-10-7(11)8-3/h4H,1-3H3,(H,8,10)(H,12,13). The maximum absolute atomic E-state index is 10.7. The van der Waals surface area contributed by atoms with E-state index in [0.717, 1.165) is 0 Å². The summed E-state index contributed by atoms with van der Waals surface area (Å²) < 4.78 is 1.53. The Hall–Kier alpha value is -1.59. The summed E-state index contributed by atoms with van der Waals surface area (Å²) in [5.41, 5.74) is 0. The van der Waals surface area contributed by atoms with E-state index in [2.05, 4.69) is 15.5 Å². The lowest BCUT2D eigenvalue weighted by Gasteiger charge is -2.10. The van der Waals surface area contributed by atoms with Crippen LogP contribution in [0.15, 0.2) is 0 Å². The van der Waals surface area contributed by atoms with E-state index < -0.39 is 5.97 Å². The van der Waals surface area contributed by atoms with Crippen LogP contribution >= 0.6 is 0 Å². The highest BCUT2D eigenvalue weighted by molar-refractivity contribution is 5.83. The van der Waals surface area contributed by atoms with Crippen LogP contribution < -0.4 is 5.32 Å². The van der Waals surface area contributed by atoms with Crippen molar-refractivity contribution >= 4 is 11.9 Å². The first-order chi connectivity index (χ1) is 6.07. The summed E-state index contributed by atoms with van der Waals surface area (Å²) in [4.78, 5) is 10.7. The first-order valence-corrected chi connectivity index (χ1v) is 3.94. The van der Waals surface area contributed by atoms with Crippen LogP contribution in [-0.4, -0.2) is 32.9 Å². The van der Waals surface area contributed by atoms with Gasteiger partial charge in [-0.3, -0.25) is 4.57 Å². The summed E-state index contributed by atoms with van der Waals surface area (Å²) in [6.07, 6.45) is 0. The molecule has 0 amide bonds. The predicted molar refractivity (Wildman–Crippen MR) is 46.9 cm³/mol. The molecule has 0 bridgehead atoms. The predicted octanol–water partition coefficient (Wildman–Crippen LogP) is 0.599. The summed E-state index contributed by atoms with van der Waals surface area (Å²) in [6, 6.07) is 0.0172. The number of anilines is 1. The zero-order valence-corrected chi connectivity index (χ0v) is 7.77. The van der Waals surface area contributed by atoms with Crippen molar-refractivity contribution in [3.8, 4) is 0 Å². The number of aromatic carboxylic acids is 1. The lowest BCUT2D eigenvalue weighted by atomic mass is 10.4. The molecule has 6 heteroatoms. The molecular formula is C7H12N4O2. The Bertz CT molecular complexity index is 318. The van der Waals surface area contributed by atoms with Gasteiger partial charge in [0.1, 0.15) is 0 Å². The Morgan fingerprint density at radius 2 is 2.15 bits per heavy atom. The van der Waals surface area contributed by atoms with Crippen LogP contribution in [0, 0.1) is 0 Å². The molecule has 0 atom stereocenters. The van der Waals surface area contributed by atoms with Gasteiger partial charge in [-0.25, -0.2) is 4.79 Å². The van der Waals surface area contributed by atoms with Gasteiger partial charge in [0.25, 0.3) is 0 Å². The highest BCUT2D eigenvalue weighted by Gasteiger charge is 2.18. The van der Waals surface area contributed by atoms with Crippen molar-refractivity contribution in [2.75, 3.05) is 12.4 Å². The molecule has 0 radical (unpaired) electrons. The van der Waals surface area contributed by atoms with E-state index in [1.807, 2.05) is 13.8 Å². The molecule has 1 heterocycles. The van der Waals surface area contributed by atoms with E-state index in [1.54, 1.807) is 7.05 Å². The van der Waals surface area contributed by atoms with Gasteiger partial charge in [0.15, 0.2) is 0 Å². The van der Waals surface area contributed by atoms with Crippen molar-refractivity contribution in [1.82, 2.24) is 14.8 Å². The average Bonchev–Trinajstić information content (AvgIpc) is 2.46. The van der Waals surface area contributed by atoms with Gasteiger partial charge in [-0.15, -0.1) is 10.2 Å². The van der Waals surface area contributed by atoms with E-state index >= 15 is 0 Å². The molecule has 1 rings (SSSR count). The Kier molecular flexibility index (Phi) is 2.50. The number of nitrogens with one attached hydrogen (secondary N) is 1. The fourth-order valence-electron chi connectivity index (χ4n) is 1.10. The molecule has 0 aliphatic heterocycles. The number of carboxylic acids is 1. The lowest BCUT2D eigenvalue weighted by molar-refractivity contribution is 0.0676. The molecule has 0 aromatic carbocycles. The lowest BCUT2D eigenvalue weighted by Crippen LogP contribution is -2.13. The van der Waals surface area contributed by atoms with Crippen molar-refractivity contribution < 1.29 is 9.90 Å². The van der Waals surface area contributed by atoms with E-state index in [4.69, 9.17) is 5.11 Å². The third-order valence-corrected chi connectivity index (χ3v) is 1.63. The number of aromatic nitrogens is 3. The third-order valence-electron chi connectivity index (χ3n) is 1.63. The number of nitrogens with zero attached hydrogens (tertiary/aromatic N) is 3. The maximum Gasteiger partial charge on any atom is 0.374 e. The molecule has 2 N–H and O–H groups in total. The van der Waals surface area contributed by atoms with Gasteiger partial charge in [-0.1, -0.05) is 0 Å². The SMILES string of the molecule is CNc1nnc(C(=O)O)n1C(C)C. The van der Waals surface area contributed by atoms with Gasteiger partial charge in [0.2, 0.25) is 11.8 Å². The van der Waals surface area contributed by atoms with Crippen LogP contribution in [0.5, 0.6) is 0 Å². The van der Waals surface area contributed by atoms with Crippen LogP contribution in [0.3, 0.4) is 0 Å². The average molecular weight is 184 g/mol. The first-order valence-electron chi connectivity index (χ1n) is 3.94. The van der Waals surface area contributed by atoms with Gasteiger partial charge in [0.05, 0.1) is 0 Å². The van der Waals surface area contributed by atoms with Crippen molar-refractivity contribution in [3.05, 3.63) is 5.82 Å². The molecule has 6 nitrogen and oxygen atoms in total. The minimum Gasteiger partial charge on any atom is -0.475 e. The summed E-state index contributed by atoms with van der Waals surface area (Å²) in [5, 5.41) is 18.8. The second-order valence-corrected chi connectivity index (χ2v) is 2.87. The van der Waals surface area contributed by atoms with Crippen LogP contribution in [0.2, 0.25) is 0 Å². The van der Waals surface area contributed by atoms with Crippen molar-refractivity contribution in [3.63, 3.8) is 0 Å². The second kappa shape index (κ2) is 3.42. The topological polar surface area (TPSA) is 80.0 Å². The summed E-state index contributed by atoms with van der Waals surface area (Å²) in [6.45, 7) is 3.74. The van der Waals surface area contributed by atoms with Crippen molar-refractivity contribution in [2.45, 2.75) is 19.9 Å². The molecule has 0 aliphatic carbocycles. The summed E-state index contributed by atoms with van der Waals surface area (Å²) in [7, 11) is 1.68. The van der Waals surface area contributed by atoms with E-state index in [9.17, 15) is 4.79 Å². The highest BCUT2D eigenvalue weighted by atomic mass is 16.4. The molecule has 0 spiro atoms. The minimum atomic E-state index is -1.07. The van der Waals surface area contributed by atoms with E-state index in [0.29, 0.717) is 5.95 Å². The molecule has 0 saturated carbocycles. The third kappa shape index (κ3) is 1.61. The largest absolute Gasteiger partial charge is 0.475 e. The molecule has 0 aliphatic rings. The summed E-state index contributed by atoms with van der Waals surface area (Å²) >= 11 is 0. The second-order valence-electron chi connectivity index (χ2n) is 2.87. The minimum absolute atomic E-state index is 0.0172. The fraction of sp³-hybridized carbons (Fsp3) is 0.571.